The maximum absolute atomic E-state index is 11.9. The minimum atomic E-state index is -3.32. The molecule has 0 saturated heterocycles. The molecule has 0 fully saturated rings. The Morgan fingerprint density at radius 3 is 2.74 bits per heavy atom. The molecule has 1 unspecified atom stereocenters. The SMILES string of the molecule is CCC(C)CNS(=O)(=O)Cc1cccc(C(N)=S)c1. The summed E-state index contributed by atoms with van der Waals surface area (Å²) in [5.41, 5.74) is 6.90. The van der Waals surface area contributed by atoms with Gasteiger partial charge in [-0.2, -0.15) is 0 Å². The summed E-state index contributed by atoms with van der Waals surface area (Å²) in [6, 6.07) is 6.99. The van der Waals surface area contributed by atoms with E-state index < -0.39 is 10.0 Å². The van der Waals surface area contributed by atoms with E-state index in [9.17, 15) is 8.42 Å². The molecule has 0 saturated carbocycles. The van der Waals surface area contributed by atoms with Gasteiger partial charge in [-0.25, -0.2) is 13.1 Å². The predicted molar refractivity (Wildman–Crippen MR) is 82.4 cm³/mol. The fourth-order valence-electron chi connectivity index (χ4n) is 1.50. The Balaban J connectivity index is 2.72. The van der Waals surface area contributed by atoms with E-state index in [0.717, 1.165) is 6.42 Å². The Morgan fingerprint density at radius 1 is 1.47 bits per heavy atom. The Bertz CT molecular complexity index is 541. The van der Waals surface area contributed by atoms with Crippen molar-refractivity contribution < 1.29 is 8.42 Å². The average Bonchev–Trinajstić information content (AvgIpc) is 2.35. The van der Waals surface area contributed by atoms with Gasteiger partial charge in [0.05, 0.1) is 5.75 Å². The molecule has 106 valence electrons. The van der Waals surface area contributed by atoms with Crippen molar-refractivity contribution in [2.24, 2.45) is 11.7 Å². The third-order valence-corrected chi connectivity index (χ3v) is 4.47. The number of hydrogen-bond acceptors (Lipinski definition) is 3. The summed E-state index contributed by atoms with van der Waals surface area (Å²) in [5.74, 6) is 0.276. The van der Waals surface area contributed by atoms with Gasteiger partial charge >= 0.3 is 0 Å². The number of nitrogens with two attached hydrogens (primary N) is 1. The molecule has 0 heterocycles. The van der Waals surface area contributed by atoms with Crippen LogP contribution in [0.1, 0.15) is 31.4 Å². The molecule has 19 heavy (non-hydrogen) atoms. The number of rotatable bonds is 7. The lowest BCUT2D eigenvalue weighted by Crippen LogP contribution is -2.29. The van der Waals surface area contributed by atoms with Crippen LogP contribution in [0, 0.1) is 5.92 Å². The zero-order valence-corrected chi connectivity index (χ0v) is 12.9. The summed E-state index contributed by atoms with van der Waals surface area (Å²) in [6.07, 6.45) is 0.944. The summed E-state index contributed by atoms with van der Waals surface area (Å²) >= 11 is 4.88. The summed E-state index contributed by atoms with van der Waals surface area (Å²) in [5, 5.41) is 0. The summed E-state index contributed by atoms with van der Waals surface area (Å²) < 4.78 is 26.5. The lowest BCUT2D eigenvalue weighted by atomic mass is 10.1. The van der Waals surface area contributed by atoms with Crippen LogP contribution in [0.4, 0.5) is 0 Å². The van der Waals surface area contributed by atoms with Gasteiger partial charge in [0.15, 0.2) is 0 Å². The molecule has 1 aromatic rings. The number of hydrogen-bond donors (Lipinski definition) is 2. The zero-order valence-electron chi connectivity index (χ0n) is 11.2. The van der Waals surface area contributed by atoms with Crippen molar-refractivity contribution in [1.82, 2.24) is 4.72 Å². The van der Waals surface area contributed by atoms with E-state index in [4.69, 9.17) is 18.0 Å². The second-order valence-electron chi connectivity index (χ2n) is 4.69. The van der Waals surface area contributed by atoms with Crippen LogP contribution in [0.15, 0.2) is 24.3 Å². The monoisotopic (exact) mass is 300 g/mol. The van der Waals surface area contributed by atoms with Gasteiger partial charge < -0.3 is 5.73 Å². The van der Waals surface area contributed by atoms with Crippen LogP contribution in [0.25, 0.3) is 0 Å². The number of nitrogens with one attached hydrogen (secondary N) is 1. The lowest BCUT2D eigenvalue weighted by Gasteiger charge is -2.11. The highest BCUT2D eigenvalue weighted by molar-refractivity contribution is 7.88. The van der Waals surface area contributed by atoms with E-state index in [2.05, 4.69) is 4.72 Å². The quantitative estimate of drug-likeness (QED) is 0.753. The number of thiocarbonyl (C=S) groups is 1. The topological polar surface area (TPSA) is 72.2 Å². The molecule has 0 aliphatic carbocycles. The largest absolute Gasteiger partial charge is 0.389 e. The van der Waals surface area contributed by atoms with E-state index >= 15 is 0 Å². The minimum absolute atomic E-state index is 0.0557. The Morgan fingerprint density at radius 2 is 2.16 bits per heavy atom. The predicted octanol–water partition coefficient (Wildman–Crippen LogP) is 1.79. The maximum atomic E-state index is 11.9. The van der Waals surface area contributed by atoms with E-state index in [1.165, 1.54) is 0 Å². The Hall–Kier alpha value is -0.980. The molecule has 0 aromatic heterocycles. The average molecular weight is 300 g/mol. The molecule has 3 N–H and O–H groups in total. The van der Waals surface area contributed by atoms with Crippen LogP contribution < -0.4 is 10.5 Å². The van der Waals surface area contributed by atoms with Gasteiger partial charge in [-0.15, -0.1) is 0 Å². The van der Waals surface area contributed by atoms with E-state index in [-0.39, 0.29) is 10.7 Å². The molecule has 0 bridgehead atoms. The summed E-state index contributed by atoms with van der Waals surface area (Å²) in [7, 11) is -3.32. The molecule has 4 nitrogen and oxygen atoms in total. The van der Waals surface area contributed by atoms with Gasteiger partial charge in [-0.05, 0) is 17.5 Å². The highest BCUT2D eigenvalue weighted by Crippen LogP contribution is 2.09. The fraction of sp³-hybridized carbons (Fsp3) is 0.462. The lowest BCUT2D eigenvalue weighted by molar-refractivity contribution is 0.528. The van der Waals surface area contributed by atoms with Crippen molar-refractivity contribution in [3.63, 3.8) is 0 Å². The molecule has 0 aliphatic heterocycles. The highest BCUT2D eigenvalue weighted by atomic mass is 32.2. The van der Waals surface area contributed by atoms with E-state index in [0.29, 0.717) is 23.6 Å². The van der Waals surface area contributed by atoms with Crippen LogP contribution in [0.3, 0.4) is 0 Å². The van der Waals surface area contributed by atoms with Crippen molar-refractivity contribution in [1.29, 1.82) is 0 Å². The number of sulfonamides is 1. The second kappa shape index (κ2) is 6.98. The van der Waals surface area contributed by atoms with Crippen molar-refractivity contribution in [3.05, 3.63) is 35.4 Å². The molecule has 6 heteroatoms. The molecule has 1 aromatic carbocycles. The van der Waals surface area contributed by atoms with Crippen LogP contribution in [-0.2, 0) is 15.8 Å². The first-order valence-corrected chi connectivity index (χ1v) is 8.26. The standard InChI is InChI=1S/C13H20N2O2S2/c1-3-10(2)8-15-19(16,17)9-11-5-4-6-12(7-11)13(14)18/h4-7,10,15H,3,8-9H2,1-2H3,(H2,14,18). The third-order valence-electron chi connectivity index (χ3n) is 2.92. The normalized spacial score (nSPS) is 13.2. The first-order chi connectivity index (χ1) is 8.84. The minimum Gasteiger partial charge on any atom is -0.389 e. The zero-order chi connectivity index (χ0) is 14.5. The van der Waals surface area contributed by atoms with Gasteiger partial charge in [0.25, 0.3) is 0 Å². The molecule has 0 radical (unpaired) electrons. The Labute approximate surface area is 120 Å². The molecule has 0 amide bonds. The van der Waals surface area contributed by atoms with Crippen molar-refractivity contribution in [2.45, 2.75) is 26.0 Å². The van der Waals surface area contributed by atoms with Crippen LogP contribution in [-0.4, -0.2) is 20.0 Å². The molecule has 0 aliphatic rings. The van der Waals surface area contributed by atoms with Gasteiger partial charge in [0, 0.05) is 12.1 Å². The molecule has 1 atom stereocenters. The van der Waals surface area contributed by atoms with Crippen LogP contribution >= 0.6 is 12.2 Å². The number of benzene rings is 1. The van der Waals surface area contributed by atoms with E-state index in [1.807, 2.05) is 13.8 Å². The van der Waals surface area contributed by atoms with E-state index in [1.54, 1.807) is 24.3 Å². The van der Waals surface area contributed by atoms with Crippen molar-refractivity contribution in [2.75, 3.05) is 6.54 Å². The first kappa shape index (κ1) is 16.1. The molecule has 1 rings (SSSR count). The van der Waals surface area contributed by atoms with Crippen molar-refractivity contribution in [3.8, 4) is 0 Å². The first-order valence-electron chi connectivity index (χ1n) is 6.20. The van der Waals surface area contributed by atoms with Gasteiger partial charge in [0.2, 0.25) is 10.0 Å². The summed E-state index contributed by atoms with van der Waals surface area (Å²) in [6.45, 7) is 4.51. The smallest absolute Gasteiger partial charge is 0.215 e. The molecular weight excluding hydrogens is 280 g/mol. The second-order valence-corrected chi connectivity index (χ2v) is 6.93. The van der Waals surface area contributed by atoms with Crippen molar-refractivity contribution >= 4 is 27.2 Å². The third kappa shape index (κ3) is 5.67. The van der Waals surface area contributed by atoms with Gasteiger partial charge in [-0.1, -0.05) is 50.7 Å². The highest BCUT2D eigenvalue weighted by Gasteiger charge is 2.13. The van der Waals surface area contributed by atoms with Gasteiger partial charge in [0.1, 0.15) is 4.99 Å². The van der Waals surface area contributed by atoms with Gasteiger partial charge in [-0.3, -0.25) is 0 Å². The molecular formula is C13H20N2O2S2. The fourth-order valence-corrected chi connectivity index (χ4v) is 2.88. The van der Waals surface area contributed by atoms with Crippen LogP contribution in [0.5, 0.6) is 0 Å². The van der Waals surface area contributed by atoms with Crippen LogP contribution in [0.2, 0.25) is 0 Å². The summed E-state index contributed by atoms with van der Waals surface area (Å²) in [4.78, 5) is 0.270. The Kier molecular flexibility index (Phi) is 5.90. The maximum Gasteiger partial charge on any atom is 0.215 e. The molecule has 0 spiro atoms.